The van der Waals surface area contributed by atoms with Crippen LogP contribution in [0.1, 0.15) is 34.6 Å². The minimum Gasteiger partial charge on any atom is -0.242 e. The quantitative estimate of drug-likeness (QED) is 0.518. The van der Waals surface area contributed by atoms with Gasteiger partial charge < -0.3 is 0 Å². The minimum atomic E-state index is -0.770. The first-order valence-electron chi connectivity index (χ1n) is 4.46. The second-order valence-electron chi connectivity index (χ2n) is 3.81. The maximum atomic E-state index is 13.6. The number of hydrogen-bond acceptors (Lipinski definition) is 0. The van der Waals surface area contributed by atoms with Crippen LogP contribution >= 0.6 is 0 Å². The van der Waals surface area contributed by atoms with Gasteiger partial charge in [-0.2, -0.15) is 0 Å². The van der Waals surface area contributed by atoms with E-state index in [0.29, 0.717) is 0 Å². The Balaban J connectivity index is 3.18. The average molecular weight is 168 g/mol. The lowest BCUT2D eigenvalue weighted by molar-refractivity contribution is 0.302. The Morgan fingerprint density at radius 1 is 0.917 bits per heavy atom. The van der Waals surface area contributed by atoms with Gasteiger partial charge in [0.2, 0.25) is 0 Å². The molecule has 0 aromatic heterocycles. The van der Waals surface area contributed by atoms with Gasteiger partial charge in [0.05, 0.1) is 0 Å². The van der Waals surface area contributed by atoms with Crippen molar-refractivity contribution in [3.05, 3.63) is 22.3 Å². The van der Waals surface area contributed by atoms with Crippen molar-refractivity contribution < 1.29 is 4.39 Å². The van der Waals surface area contributed by atoms with Gasteiger partial charge in [0.25, 0.3) is 0 Å². The Hall–Kier alpha value is -0.590. The normalized spacial score (nSPS) is 31.5. The van der Waals surface area contributed by atoms with E-state index in [-0.39, 0.29) is 5.92 Å². The van der Waals surface area contributed by atoms with Gasteiger partial charge in [-0.05, 0) is 44.4 Å². The fourth-order valence-corrected chi connectivity index (χ4v) is 1.73. The van der Waals surface area contributed by atoms with Gasteiger partial charge in [0, 0.05) is 5.92 Å². The van der Waals surface area contributed by atoms with E-state index in [1.165, 1.54) is 11.1 Å². The van der Waals surface area contributed by atoms with E-state index < -0.39 is 6.17 Å². The van der Waals surface area contributed by atoms with E-state index in [1.54, 1.807) is 0 Å². The first-order chi connectivity index (χ1) is 5.46. The molecule has 0 bridgehead atoms. The smallest absolute Gasteiger partial charge is 0.128 e. The molecule has 0 nitrogen and oxygen atoms in total. The Labute approximate surface area is 74.2 Å². The van der Waals surface area contributed by atoms with Gasteiger partial charge in [-0.1, -0.05) is 12.5 Å². The first kappa shape index (κ1) is 9.50. The van der Waals surface area contributed by atoms with Gasteiger partial charge in [-0.25, -0.2) is 4.39 Å². The van der Waals surface area contributed by atoms with Crippen molar-refractivity contribution in [3.63, 3.8) is 0 Å². The largest absolute Gasteiger partial charge is 0.242 e. The highest BCUT2D eigenvalue weighted by Gasteiger charge is 2.26. The van der Waals surface area contributed by atoms with Crippen molar-refractivity contribution in [2.45, 2.75) is 40.8 Å². The van der Waals surface area contributed by atoms with Crippen molar-refractivity contribution in [3.8, 4) is 0 Å². The standard InChI is InChI=1S/C11H17F/c1-6-7(2)9(4)11(12)10(5)8(6)3/h9,11H,1-5H3. The van der Waals surface area contributed by atoms with E-state index >= 15 is 0 Å². The molecule has 0 fully saturated rings. The number of alkyl halides is 1. The third kappa shape index (κ3) is 1.21. The molecule has 0 saturated heterocycles. The van der Waals surface area contributed by atoms with Gasteiger partial charge in [0.1, 0.15) is 6.17 Å². The van der Waals surface area contributed by atoms with Crippen LogP contribution in [0.3, 0.4) is 0 Å². The molecule has 1 aliphatic rings. The molecule has 0 N–H and O–H groups in total. The SMILES string of the molecule is CC1=C(C)C(C)C(F)C(C)=C1C. The van der Waals surface area contributed by atoms with Crippen molar-refractivity contribution in [1.82, 2.24) is 0 Å². The van der Waals surface area contributed by atoms with Gasteiger partial charge in [-0.3, -0.25) is 0 Å². The monoisotopic (exact) mass is 168 g/mol. The zero-order valence-electron chi connectivity index (χ0n) is 8.53. The van der Waals surface area contributed by atoms with Gasteiger partial charge in [-0.15, -0.1) is 0 Å². The van der Waals surface area contributed by atoms with E-state index in [2.05, 4.69) is 6.92 Å². The first-order valence-corrected chi connectivity index (χ1v) is 4.46. The number of allylic oxidation sites excluding steroid dienone is 4. The maximum Gasteiger partial charge on any atom is 0.128 e. The molecule has 12 heavy (non-hydrogen) atoms. The van der Waals surface area contributed by atoms with E-state index in [0.717, 1.165) is 11.1 Å². The molecule has 1 heteroatoms. The van der Waals surface area contributed by atoms with Crippen LogP contribution in [-0.2, 0) is 0 Å². The molecular weight excluding hydrogens is 151 g/mol. The Morgan fingerprint density at radius 3 is 1.83 bits per heavy atom. The van der Waals surface area contributed by atoms with Crippen molar-refractivity contribution in [2.75, 3.05) is 0 Å². The lowest BCUT2D eigenvalue weighted by atomic mass is 9.80. The highest BCUT2D eigenvalue weighted by Crippen LogP contribution is 2.35. The molecule has 0 aromatic rings. The zero-order valence-corrected chi connectivity index (χ0v) is 8.53. The van der Waals surface area contributed by atoms with Crippen LogP contribution in [0.4, 0.5) is 4.39 Å². The van der Waals surface area contributed by atoms with E-state index in [1.807, 2.05) is 27.7 Å². The molecule has 2 unspecified atom stereocenters. The van der Waals surface area contributed by atoms with E-state index in [4.69, 9.17) is 0 Å². The zero-order chi connectivity index (χ0) is 9.46. The Bertz CT molecular complexity index is 230. The highest BCUT2D eigenvalue weighted by atomic mass is 19.1. The molecule has 0 radical (unpaired) electrons. The number of rotatable bonds is 0. The highest BCUT2D eigenvalue weighted by molar-refractivity contribution is 5.42. The fourth-order valence-electron chi connectivity index (χ4n) is 1.73. The lowest BCUT2D eigenvalue weighted by Gasteiger charge is -2.28. The van der Waals surface area contributed by atoms with Crippen LogP contribution in [0.5, 0.6) is 0 Å². The minimum absolute atomic E-state index is 0.0636. The van der Waals surface area contributed by atoms with Crippen molar-refractivity contribution in [2.24, 2.45) is 5.92 Å². The fraction of sp³-hybridized carbons (Fsp3) is 0.636. The molecule has 1 aliphatic carbocycles. The molecule has 68 valence electrons. The molecule has 1 rings (SSSR count). The van der Waals surface area contributed by atoms with Crippen LogP contribution < -0.4 is 0 Å². The van der Waals surface area contributed by atoms with Crippen LogP contribution in [0.15, 0.2) is 22.3 Å². The Morgan fingerprint density at radius 2 is 1.33 bits per heavy atom. The van der Waals surface area contributed by atoms with Crippen LogP contribution in [0.2, 0.25) is 0 Å². The number of hydrogen-bond donors (Lipinski definition) is 0. The van der Waals surface area contributed by atoms with Gasteiger partial charge in [0.15, 0.2) is 0 Å². The molecule has 0 heterocycles. The molecule has 0 saturated carbocycles. The second kappa shape index (κ2) is 3.04. The molecule has 0 spiro atoms. The van der Waals surface area contributed by atoms with Gasteiger partial charge >= 0.3 is 0 Å². The summed E-state index contributed by atoms with van der Waals surface area (Å²) in [5.74, 6) is 0.0636. The average Bonchev–Trinajstić information content (AvgIpc) is 2.08. The van der Waals surface area contributed by atoms with Crippen LogP contribution in [-0.4, -0.2) is 6.17 Å². The van der Waals surface area contributed by atoms with Crippen molar-refractivity contribution >= 4 is 0 Å². The maximum absolute atomic E-state index is 13.6. The summed E-state index contributed by atoms with van der Waals surface area (Å²) in [6, 6.07) is 0. The Kier molecular flexibility index (Phi) is 2.41. The molecule has 0 amide bonds. The number of halogens is 1. The summed E-state index contributed by atoms with van der Waals surface area (Å²) in [5.41, 5.74) is 4.52. The molecule has 0 aromatic carbocycles. The summed E-state index contributed by atoms with van der Waals surface area (Å²) in [6.45, 7) is 9.97. The molecular formula is C11H17F. The summed E-state index contributed by atoms with van der Waals surface area (Å²) >= 11 is 0. The topological polar surface area (TPSA) is 0 Å². The predicted octanol–water partition coefficient (Wildman–Crippen LogP) is 3.65. The summed E-state index contributed by atoms with van der Waals surface area (Å²) in [5, 5.41) is 0. The van der Waals surface area contributed by atoms with Crippen LogP contribution in [0.25, 0.3) is 0 Å². The summed E-state index contributed by atoms with van der Waals surface area (Å²) in [6.07, 6.45) is -0.770. The molecule has 2 atom stereocenters. The third-order valence-corrected chi connectivity index (χ3v) is 3.28. The summed E-state index contributed by atoms with van der Waals surface area (Å²) in [7, 11) is 0. The van der Waals surface area contributed by atoms with Crippen molar-refractivity contribution in [1.29, 1.82) is 0 Å². The van der Waals surface area contributed by atoms with E-state index in [9.17, 15) is 4.39 Å². The predicted molar refractivity (Wildman–Crippen MR) is 50.8 cm³/mol. The van der Waals surface area contributed by atoms with Crippen LogP contribution in [0, 0.1) is 5.92 Å². The molecule has 0 aliphatic heterocycles. The third-order valence-electron chi connectivity index (χ3n) is 3.28. The lowest BCUT2D eigenvalue weighted by Crippen LogP contribution is -2.21. The second-order valence-corrected chi connectivity index (χ2v) is 3.81. The summed E-state index contributed by atoms with van der Waals surface area (Å²) in [4.78, 5) is 0. The summed E-state index contributed by atoms with van der Waals surface area (Å²) < 4.78 is 13.6.